The van der Waals surface area contributed by atoms with Crippen LogP contribution in [0.5, 0.6) is 0 Å². The molecule has 1 amide bonds. The number of anilines is 1. The number of nitrogens with zero attached hydrogens (tertiary/aromatic N) is 5. The van der Waals surface area contributed by atoms with Crippen molar-refractivity contribution in [3.63, 3.8) is 0 Å². The number of amides is 1. The average molecular weight is 635 g/mol. The highest BCUT2D eigenvalue weighted by molar-refractivity contribution is 6.07. The van der Waals surface area contributed by atoms with Crippen LogP contribution in [-0.4, -0.2) is 90.6 Å². The summed E-state index contributed by atoms with van der Waals surface area (Å²) in [5.74, 6) is -4.94. The number of rotatable bonds is 7. The SMILES string of the molecule is COC(=O)[C@H](Cc1ccc(C2=NC(C)=C(C)N(C)C2)c2nccn12)NC(=O)c1c(F)cc(N2CCOC[C@@H]2C(F)(F)F)cc1F. The Bertz CT molecular complexity index is 1680. The number of alkyl halides is 3. The van der Waals surface area contributed by atoms with Crippen molar-refractivity contribution in [3.8, 4) is 0 Å². The van der Waals surface area contributed by atoms with Gasteiger partial charge in [-0.25, -0.2) is 18.6 Å². The molecule has 5 rings (SSSR count). The van der Waals surface area contributed by atoms with Gasteiger partial charge in [0, 0.05) is 55.0 Å². The molecule has 4 heterocycles. The summed E-state index contributed by atoms with van der Waals surface area (Å²) in [6.45, 7) is 3.39. The maximum atomic E-state index is 15.2. The van der Waals surface area contributed by atoms with Crippen LogP contribution in [0.4, 0.5) is 27.6 Å². The van der Waals surface area contributed by atoms with E-state index in [-0.39, 0.29) is 19.6 Å². The first kappa shape index (κ1) is 31.9. The predicted molar refractivity (Wildman–Crippen MR) is 154 cm³/mol. The highest BCUT2D eigenvalue weighted by atomic mass is 19.4. The van der Waals surface area contributed by atoms with E-state index in [0.29, 0.717) is 30.0 Å². The molecule has 240 valence electrons. The van der Waals surface area contributed by atoms with Crippen molar-refractivity contribution < 1.29 is 41.0 Å². The van der Waals surface area contributed by atoms with Crippen LogP contribution in [0.2, 0.25) is 0 Å². The Labute approximate surface area is 255 Å². The van der Waals surface area contributed by atoms with Gasteiger partial charge < -0.3 is 29.0 Å². The van der Waals surface area contributed by atoms with E-state index in [0.717, 1.165) is 34.7 Å². The largest absolute Gasteiger partial charge is 0.467 e. The van der Waals surface area contributed by atoms with Crippen LogP contribution in [0, 0.1) is 11.6 Å². The van der Waals surface area contributed by atoms with Gasteiger partial charge in [0.25, 0.3) is 5.91 Å². The van der Waals surface area contributed by atoms with Crippen LogP contribution in [-0.2, 0) is 20.7 Å². The molecule has 0 unspecified atom stereocenters. The molecular formula is C30H31F5N6O4. The van der Waals surface area contributed by atoms with E-state index < -0.39 is 59.6 Å². The number of imidazole rings is 1. The van der Waals surface area contributed by atoms with Crippen molar-refractivity contribution in [3.05, 3.63) is 76.5 Å². The third-order valence-electron chi connectivity index (χ3n) is 8.03. The number of benzene rings is 1. The number of halogens is 5. The summed E-state index contributed by atoms with van der Waals surface area (Å²) in [7, 11) is 3.05. The number of hydrogen-bond donors (Lipinski definition) is 1. The Morgan fingerprint density at radius 1 is 1.18 bits per heavy atom. The van der Waals surface area contributed by atoms with Gasteiger partial charge in [-0.2, -0.15) is 13.2 Å². The molecule has 2 aliphatic rings. The number of hydrogen-bond acceptors (Lipinski definition) is 8. The summed E-state index contributed by atoms with van der Waals surface area (Å²) in [4.78, 5) is 37.9. The van der Waals surface area contributed by atoms with Gasteiger partial charge >= 0.3 is 12.1 Å². The van der Waals surface area contributed by atoms with Crippen molar-refractivity contribution in [2.45, 2.75) is 38.5 Å². The maximum Gasteiger partial charge on any atom is 0.411 e. The molecule has 1 fully saturated rings. The second-order valence-corrected chi connectivity index (χ2v) is 10.8. The first-order valence-electron chi connectivity index (χ1n) is 14.0. The third kappa shape index (κ3) is 6.34. The van der Waals surface area contributed by atoms with Crippen LogP contribution in [0.1, 0.15) is 35.5 Å². The molecule has 10 nitrogen and oxygen atoms in total. The molecule has 0 aliphatic carbocycles. The van der Waals surface area contributed by atoms with E-state index >= 15 is 8.78 Å². The number of methoxy groups -OCH3 is 1. The number of aliphatic imine (C=N–C) groups is 1. The molecule has 45 heavy (non-hydrogen) atoms. The van der Waals surface area contributed by atoms with E-state index in [9.17, 15) is 22.8 Å². The molecule has 2 aliphatic heterocycles. The Morgan fingerprint density at radius 2 is 1.89 bits per heavy atom. The number of ether oxygens (including phenoxy) is 2. The standard InChI is InChI=1S/C30H31F5N6O4/c1-16-17(2)39(3)14-24(37-16)20-6-5-18(41-8-7-36-27(20)41)13-23(29(43)44-4)38-28(42)26-21(31)11-19(12-22(26)32)40-9-10-45-15-25(40)30(33,34)35/h5-8,11-12,23,25H,9-10,13-15H2,1-4H3,(H,38,42)/t23-,25+/m0/s1. The molecule has 1 N–H and O–H groups in total. The van der Waals surface area contributed by atoms with Crippen molar-refractivity contribution in [2.24, 2.45) is 4.99 Å². The monoisotopic (exact) mass is 634 g/mol. The summed E-state index contributed by atoms with van der Waals surface area (Å²) < 4.78 is 82.4. The van der Waals surface area contributed by atoms with Crippen LogP contribution < -0.4 is 10.2 Å². The van der Waals surface area contributed by atoms with Crippen LogP contribution >= 0.6 is 0 Å². The molecule has 1 saturated heterocycles. The zero-order chi connectivity index (χ0) is 32.6. The molecule has 2 atom stereocenters. The summed E-state index contributed by atoms with van der Waals surface area (Å²) >= 11 is 0. The fourth-order valence-corrected chi connectivity index (χ4v) is 5.45. The molecule has 0 saturated carbocycles. The maximum absolute atomic E-state index is 15.2. The minimum atomic E-state index is -4.72. The van der Waals surface area contributed by atoms with Gasteiger partial charge in [0.2, 0.25) is 0 Å². The number of esters is 1. The smallest absolute Gasteiger partial charge is 0.411 e. The summed E-state index contributed by atoms with van der Waals surface area (Å²) in [5.41, 5.74) is 3.08. The minimum absolute atomic E-state index is 0.0778. The lowest BCUT2D eigenvalue weighted by Gasteiger charge is -2.38. The van der Waals surface area contributed by atoms with Gasteiger partial charge in [0.05, 0.1) is 38.3 Å². The van der Waals surface area contributed by atoms with Gasteiger partial charge in [-0.3, -0.25) is 9.79 Å². The highest BCUT2D eigenvalue weighted by Gasteiger charge is 2.46. The van der Waals surface area contributed by atoms with Gasteiger partial charge in [0.1, 0.15) is 34.9 Å². The number of likely N-dealkylation sites (N-methyl/N-ethyl adjacent to an activating group) is 1. The number of nitrogens with one attached hydrogen (secondary N) is 1. The lowest BCUT2D eigenvalue weighted by atomic mass is 10.0. The van der Waals surface area contributed by atoms with E-state index in [1.807, 2.05) is 20.9 Å². The highest BCUT2D eigenvalue weighted by Crippen LogP contribution is 2.33. The number of allylic oxidation sites excluding steroid dienone is 2. The third-order valence-corrected chi connectivity index (χ3v) is 8.03. The van der Waals surface area contributed by atoms with Gasteiger partial charge in [0.15, 0.2) is 0 Å². The number of aromatic nitrogens is 2. The van der Waals surface area contributed by atoms with Crippen LogP contribution in [0.3, 0.4) is 0 Å². The molecule has 0 radical (unpaired) electrons. The minimum Gasteiger partial charge on any atom is -0.467 e. The number of fused-ring (bicyclic) bond motifs is 1. The summed E-state index contributed by atoms with van der Waals surface area (Å²) in [6, 6.07) is 1.35. The molecular weight excluding hydrogens is 603 g/mol. The first-order chi connectivity index (χ1) is 21.3. The lowest BCUT2D eigenvalue weighted by molar-refractivity contribution is -0.167. The Balaban J connectivity index is 1.41. The number of carbonyl (C=O) groups is 2. The zero-order valence-corrected chi connectivity index (χ0v) is 24.9. The fraction of sp³-hybridized carbons (Fsp3) is 0.400. The van der Waals surface area contributed by atoms with E-state index in [4.69, 9.17) is 14.5 Å². The Hall–Kier alpha value is -4.53. The van der Waals surface area contributed by atoms with E-state index in [1.165, 1.54) is 0 Å². The van der Waals surface area contributed by atoms with Crippen molar-refractivity contribution >= 4 is 28.9 Å². The molecule has 0 bridgehead atoms. The predicted octanol–water partition coefficient (Wildman–Crippen LogP) is 3.88. The van der Waals surface area contributed by atoms with E-state index in [2.05, 4.69) is 15.2 Å². The molecule has 3 aromatic rings. The fourth-order valence-electron chi connectivity index (χ4n) is 5.45. The summed E-state index contributed by atoms with van der Waals surface area (Å²) in [5, 5.41) is 2.32. The number of morpholine rings is 1. The molecule has 2 aromatic heterocycles. The van der Waals surface area contributed by atoms with Crippen molar-refractivity contribution in [1.29, 1.82) is 0 Å². The zero-order valence-electron chi connectivity index (χ0n) is 24.9. The average Bonchev–Trinajstić information content (AvgIpc) is 3.49. The molecule has 15 heteroatoms. The Morgan fingerprint density at radius 3 is 2.53 bits per heavy atom. The quantitative estimate of drug-likeness (QED) is 0.311. The van der Waals surface area contributed by atoms with Crippen molar-refractivity contribution in [1.82, 2.24) is 19.6 Å². The second kappa shape index (κ2) is 12.5. The Kier molecular flexibility index (Phi) is 8.83. The number of pyridine rings is 1. The molecule has 0 spiro atoms. The van der Waals surface area contributed by atoms with Gasteiger partial charge in [-0.15, -0.1) is 0 Å². The van der Waals surface area contributed by atoms with Gasteiger partial charge in [-0.05, 0) is 38.1 Å². The van der Waals surface area contributed by atoms with Gasteiger partial charge in [-0.1, -0.05) is 0 Å². The topological polar surface area (TPSA) is 101 Å². The van der Waals surface area contributed by atoms with Crippen LogP contribution in [0.25, 0.3) is 5.65 Å². The lowest BCUT2D eigenvalue weighted by Crippen LogP contribution is -2.53. The normalized spacial score (nSPS) is 18.2. The van der Waals surface area contributed by atoms with Crippen LogP contribution in [0.15, 0.2) is 53.0 Å². The second-order valence-electron chi connectivity index (χ2n) is 10.8. The molecule has 1 aromatic carbocycles. The number of carbonyl (C=O) groups excluding carboxylic acids is 2. The summed E-state index contributed by atoms with van der Waals surface area (Å²) in [6.07, 6.45) is -1.62. The first-order valence-corrected chi connectivity index (χ1v) is 14.0. The van der Waals surface area contributed by atoms with E-state index in [1.54, 1.807) is 28.9 Å². The van der Waals surface area contributed by atoms with Crippen molar-refractivity contribution in [2.75, 3.05) is 45.4 Å².